The maximum atomic E-state index is 5.19. The molecule has 0 atom stereocenters. The number of hydrogen-bond donors (Lipinski definition) is 0. The molecule has 5 aliphatic rings. The molecule has 0 saturated carbocycles. The maximum Gasteiger partial charge on any atom is 0.228 e. The summed E-state index contributed by atoms with van der Waals surface area (Å²) in [4.78, 5) is 36.5. The van der Waals surface area contributed by atoms with Gasteiger partial charge < -0.3 is 13.6 Å². The van der Waals surface area contributed by atoms with Crippen LogP contribution in [0.15, 0.2) is 262 Å². The average molecular weight is 1370 g/mol. The summed E-state index contributed by atoms with van der Waals surface area (Å²) in [6, 6.07) is 58.4. The highest BCUT2D eigenvalue weighted by atomic mass is 32.1. The molecule has 0 spiro atoms. The van der Waals surface area contributed by atoms with Gasteiger partial charge in [-0.2, -0.15) is 10.2 Å². The Morgan fingerprint density at radius 3 is 1.69 bits per heavy atom. The van der Waals surface area contributed by atoms with E-state index in [0.717, 1.165) is 76.3 Å². The summed E-state index contributed by atoms with van der Waals surface area (Å²) in [6.07, 6.45) is 26.6. The number of hydrogen-bond acceptors (Lipinski definition) is 15. The van der Waals surface area contributed by atoms with Gasteiger partial charge in [-0.3, -0.25) is 19.9 Å². The van der Waals surface area contributed by atoms with Crippen molar-refractivity contribution < 1.29 is 13.6 Å². The van der Waals surface area contributed by atoms with E-state index in [1.54, 1.807) is 36.2 Å². The van der Waals surface area contributed by atoms with E-state index >= 15 is 0 Å². The first-order valence-electron chi connectivity index (χ1n) is 35.9. The molecule has 8 aromatic heterocycles. The lowest BCUT2D eigenvalue weighted by Gasteiger charge is -1.93. The van der Waals surface area contributed by atoms with Crippen molar-refractivity contribution >= 4 is 78.3 Å². The Bertz CT molecular complexity index is 3620. The summed E-state index contributed by atoms with van der Waals surface area (Å²) < 4.78 is 16.4. The molecule has 0 saturated heterocycles. The third kappa shape index (κ3) is 32.0. The number of fused-ring (bicyclic) bond motifs is 9. The Morgan fingerprint density at radius 1 is 0.420 bits per heavy atom. The Hall–Kier alpha value is -10.2. The largest absolute Gasteiger partial charge is 0.477 e. The predicted octanol–water partition coefficient (Wildman–Crippen LogP) is 25.3. The van der Waals surface area contributed by atoms with Crippen LogP contribution in [0.2, 0.25) is 0 Å². The van der Waals surface area contributed by atoms with Crippen LogP contribution in [-0.4, -0.2) is 52.7 Å². The van der Waals surface area contributed by atoms with Crippen molar-refractivity contribution in [3.63, 3.8) is 0 Å². The van der Waals surface area contributed by atoms with E-state index in [1.807, 2.05) is 264 Å². The number of thiazole rings is 1. The van der Waals surface area contributed by atoms with Gasteiger partial charge in [0.2, 0.25) is 11.6 Å². The van der Waals surface area contributed by atoms with Crippen LogP contribution in [0, 0.1) is 0 Å². The van der Waals surface area contributed by atoms with Crippen LogP contribution in [0.3, 0.4) is 0 Å². The molecule has 18 rings (SSSR count). The van der Waals surface area contributed by atoms with Gasteiger partial charge in [-0.25, -0.2) is 24.9 Å². The summed E-state index contributed by atoms with van der Waals surface area (Å²) >= 11 is 1.68. The Morgan fingerprint density at radius 2 is 1.01 bits per heavy atom. The number of aliphatic imine (C=N–C) groups is 1. The van der Waals surface area contributed by atoms with E-state index in [1.165, 1.54) is 75.6 Å². The molecular formula is C85H111N11O3S. The van der Waals surface area contributed by atoms with Gasteiger partial charge in [0, 0.05) is 66.7 Å². The zero-order chi connectivity index (χ0) is 73.6. The van der Waals surface area contributed by atoms with Crippen LogP contribution in [0.4, 0.5) is 11.4 Å². The van der Waals surface area contributed by atoms with Crippen LogP contribution in [0.5, 0.6) is 5.88 Å². The molecular weight excluding hydrogens is 1260 g/mol. The number of para-hydroxylation sites is 5. The molecule has 100 heavy (non-hydrogen) atoms. The Balaban J connectivity index is 0.000000547. The van der Waals surface area contributed by atoms with Gasteiger partial charge in [0.25, 0.3) is 0 Å². The van der Waals surface area contributed by atoms with Crippen LogP contribution >= 0.6 is 11.3 Å². The number of aryl methyl sites for hydroxylation is 2. The quantitative estimate of drug-likeness (QED) is 0.141. The SMILES string of the molecule is C1=Cc2ccccc2C1.C1=Nc2ccccc2C1.CC.CC.CC.CC.CC.CC.CC.CC.CC.c1ccc2ncccc2c1.c1ccc2ocnc2c1.c1ccc2scnc2c1.c1cnc2c(c1)CCC2.c1cnc2c(c1)CCO2.c1cnc2c(c1)N=NC2.c1ncc2ccoc2n1. The van der Waals surface area contributed by atoms with Crippen LogP contribution in [0.25, 0.3) is 49.4 Å². The van der Waals surface area contributed by atoms with Crippen molar-refractivity contribution in [1.29, 1.82) is 0 Å². The summed E-state index contributed by atoms with van der Waals surface area (Å²) in [5, 5.41) is 9.82. The van der Waals surface area contributed by atoms with E-state index in [0.29, 0.717) is 12.3 Å². The fraction of sp³-hybridized carbons (Fsp3) is 0.306. The van der Waals surface area contributed by atoms with Crippen molar-refractivity contribution in [1.82, 2.24) is 39.9 Å². The zero-order valence-corrected chi connectivity index (χ0v) is 63.7. The van der Waals surface area contributed by atoms with Gasteiger partial charge in [0.15, 0.2) is 12.0 Å². The topological polar surface area (TPSA) is 176 Å². The molecule has 0 fully saturated rings. The molecule has 13 aromatic rings. The second-order valence-corrected chi connectivity index (χ2v) is 19.3. The molecule has 0 amide bonds. The van der Waals surface area contributed by atoms with Crippen molar-refractivity contribution in [3.05, 3.63) is 277 Å². The maximum absolute atomic E-state index is 5.19. The highest BCUT2D eigenvalue weighted by Crippen LogP contribution is 2.25. The first-order chi connectivity index (χ1) is 49.7. The number of ether oxygens (including phenoxy) is 1. The average Bonchev–Trinajstić information content (AvgIpc) is 2.18. The van der Waals surface area contributed by atoms with E-state index in [2.05, 4.69) is 128 Å². The van der Waals surface area contributed by atoms with Gasteiger partial charge in [-0.05, 0) is 121 Å². The second kappa shape index (κ2) is 58.9. The number of furan rings is 1. The molecule has 11 heterocycles. The minimum absolute atomic E-state index is 0.644. The highest BCUT2D eigenvalue weighted by molar-refractivity contribution is 7.16. The number of allylic oxidation sites excluding steroid dienone is 1. The summed E-state index contributed by atoms with van der Waals surface area (Å²) in [5.41, 5.74) is 17.7. The van der Waals surface area contributed by atoms with Crippen molar-refractivity contribution in [2.24, 2.45) is 15.2 Å². The molecule has 0 N–H and O–H groups in total. The molecule has 0 radical (unpaired) electrons. The number of rotatable bonds is 0. The van der Waals surface area contributed by atoms with E-state index in [9.17, 15) is 0 Å². The molecule has 5 aromatic carbocycles. The monoisotopic (exact) mass is 1370 g/mol. The molecule has 2 aliphatic carbocycles. The lowest BCUT2D eigenvalue weighted by Crippen LogP contribution is -1.87. The number of azo groups is 1. The molecule has 0 unspecified atom stereocenters. The van der Waals surface area contributed by atoms with Gasteiger partial charge in [0.1, 0.15) is 24.1 Å². The molecule has 15 heteroatoms. The van der Waals surface area contributed by atoms with Gasteiger partial charge in [-0.1, -0.05) is 240 Å². The normalized spacial score (nSPS) is 10.7. The number of aromatic nitrogens is 8. The lowest BCUT2D eigenvalue weighted by molar-refractivity contribution is 0.345. The number of pyridine rings is 4. The minimum Gasteiger partial charge on any atom is -0.477 e. The molecule has 0 bridgehead atoms. The minimum atomic E-state index is 0.644. The first-order valence-corrected chi connectivity index (χ1v) is 36.7. The number of nitrogens with zero attached hydrogens (tertiary/aromatic N) is 11. The number of benzene rings is 5. The predicted molar refractivity (Wildman–Crippen MR) is 429 cm³/mol. The van der Waals surface area contributed by atoms with Crippen LogP contribution in [-0.2, 0) is 38.6 Å². The molecule has 3 aliphatic heterocycles. The number of oxazole rings is 1. The third-order valence-electron chi connectivity index (χ3n) is 12.9. The Kier molecular flexibility index (Phi) is 51.7. The van der Waals surface area contributed by atoms with Crippen LogP contribution < -0.4 is 4.74 Å². The highest BCUT2D eigenvalue weighted by Gasteiger charge is 2.11. The van der Waals surface area contributed by atoms with Crippen molar-refractivity contribution in [2.45, 2.75) is 170 Å². The smallest absolute Gasteiger partial charge is 0.228 e. The van der Waals surface area contributed by atoms with Gasteiger partial charge >= 0.3 is 0 Å². The fourth-order valence-corrected chi connectivity index (χ4v) is 9.46. The lowest BCUT2D eigenvalue weighted by atomic mass is 10.1. The Labute approximate surface area is 602 Å². The van der Waals surface area contributed by atoms with Crippen molar-refractivity contribution in [2.75, 3.05) is 6.61 Å². The standard InChI is InChI=1S/C9H7N.C9H8.C8H9N.C8H7N.C7H7NO.C7H5NO.C7H5NS.C6H5N3.C6H4N2O.9C2H6/c1-2-6-9-8(4-1)5-3-7-10-9;1-2-5-9-7-3-6-8(9)4-1;1-3-7-4-2-6-9-8(7)5-1;1-2-4-8-7(3-1)5-6-9-8;1-2-6-3-5-9-7(6)8-4-1;2*1-2-4-7-6(3-1)8-5-9-7;1-2-5-6(7-3-1)4-8-9-5;1-2-9-6-5(1)3-7-4-8-6;9*1-2/h1-7H;1-6H,7H2;2,4,6H,1,3,5H2;1-4,6H,5H2;1-2,4H,3,5H2;2*1-5H;1-3H,4H2;1-4H;9*1-2H3. The van der Waals surface area contributed by atoms with Crippen LogP contribution in [0.1, 0.15) is 170 Å². The second-order valence-electron chi connectivity index (χ2n) is 18.4. The van der Waals surface area contributed by atoms with Gasteiger partial charge in [0.05, 0.1) is 50.9 Å². The van der Waals surface area contributed by atoms with E-state index in [-0.39, 0.29) is 0 Å². The van der Waals surface area contributed by atoms with E-state index in [4.69, 9.17) is 13.6 Å². The van der Waals surface area contributed by atoms with E-state index < -0.39 is 0 Å². The van der Waals surface area contributed by atoms with Crippen molar-refractivity contribution in [3.8, 4) is 5.88 Å². The third-order valence-corrected chi connectivity index (χ3v) is 13.7. The fourth-order valence-electron chi connectivity index (χ4n) is 8.78. The summed E-state index contributed by atoms with van der Waals surface area (Å²) in [7, 11) is 0. The summed E-state index contributed by atoms with van der Waals surface area (Å²) in [5.74, 6) is 0.817. The summed E-state index contributed by atoms with van der Waals surface area (Å²) in [6.45, 7) is 37.4. The first kappa shape index (κ1) is 87.8. The van der Waals surface area contributed by atoms with Gasteiger partial charge in [-0.15, -0.1) is 11.3 Å². The molecule has 530 valence electrons. The zero-order valence-electron chi connectivity index (χ0n) is 62.9. The molecule has 14 nitrogen and oxygen atoms in total.